The van der Waals surface area contributed by atoms with Crippen LogP contribution in [0.2, 0.25) is 0 Å². The molecule has 0 aliphatic carbocycles. The molecule has 0 atom stereocenters. The third-order valence-electron chi connectivity index (χ3n) is 4.93. The van der Waals surface area contributed by atoms with E-state index in [9.17, 15) is 9.18 Å². The third-order valence-corrected chi connectivity index (χ3v) is 5.91. The van der Waals surface area contributed by atoms with Crippen molar-refractivity contribution in [2.75, 3.05) is 18.0 Å². The molecule has 2 nitrogen and oxygen atoms in total. The molecule has 0 heterocycles. The van der Waals surface area contributed by atoms with E-state index >= 15 is 0 Å². The van der Waals surface area contributed by atoms with Crippen LogP contribution in [-0.4, -0.2) is 18.5 Å². The normalized spacial score (nSPS) is 11.7. The lowest BCUT2D eigenvalue weighted by atomic mass is 9.93. The highest BCUT2D eigenvalue weighted by Gasteiger charge is 2.19. The van der Waals surface area contributed by atoms with E-state index in [1.165, 1.54) is 0 Å². The van der Waals surface area contributed by atoms with Crippen molar-refractivity contribution in [3.05, 3.63) is 76.2 Å². The molecule has 0 unspecified atom stereocenters. The van der Waals surface area contributed by atoms with Gasteiger partial charge in [0.1, 0.15) is 0 Å². The predicted octanol–water partition coefficient (Wildman–Crippen LogP) is 8.36. The van der Waals surface area contributed by atoms with Crippen molar-refractivity contribution in [2.45, 2.75) is 47.5 Å². The molecule has 0 aliphatic heterocycles. The summed E-state index contributed by atoms with van der Waals surface area (Å²) in [5.41, 5.74) is 6.06. The molecule has 0 amide bonds. The number of carbonyl (C=O) groups excluding carboxylic acids is 1. The van der Waals surface area contributed by atoms with Crippen molar-refractivity contribution in [2.24, 2.45) is 0 Å². The van der Waals surface area contributed by atoms with Crippen molar-refractivity contribution in [1.29, 1.82) is 0 Å². The zero-order valence-electron chi connectivity index (χ0n) is 18.7. The van der Waals surface area contributed by atoms with E-state index in [-0.39, 0.29) is 0 Å². The van der Waals surface area contributed by atoms with E-state index in [0.29, 0.717) is 16.7 Å². The third kappa shape index (κ3) is 6.33. The number of anilines is 1. The molecule has 0 bridgehead atoms. The van der Waals surface area contributed by atoms with Crippen molar-refractivity contribution < 1.29 is 9.18 Å². The summed E-state index contributed by atoms with van der Waals surface area (Å²) in [6.45, 7) is 12.2. The molecule has 0 aromatic heterocycles. The van der Waals surface area contributed by atoms with E-state index in [2.05, 4.69) is 30.9 Å². The van der Waals surface area contributed by atoms with E-state index in [0.717, 1.165) is 59.5 Å². The Bertz CT molecular complexity index is 908. The van der Waals surface area contributed by atoms with Crippen molar-refractivity contribution in [3.63, 3.8) is 0 Å². The second kappa shape index (κ2) is 11.8. The van der Waals surface area contributed by atoms with Crippen LogP contribution in [0.1, 0.15) is 58.6 Å². The second-order valence-electron chi connectivity index (χ2n) is 7.57. The number of hydrogen-bond acceptors (Lipinski definition) is 3. The molecular formula is C26H32FNOS. The van der Waals surface area contributed by atoms with Crippen LogP contribution in [0.25, 0.3) is 11.1 Å². The molecule has 0 N–H and O–H groups in total. The molecule has 0 spiro atoms. The van der Waals surface area contributed by atoms with Gasteiger partial charge in [0.25, 0.3) is 0 Å². The maximum atomic E-state index is 13.5. The van der Waals surface area contributed by atoms with Gasteiger partial charge in [-0.2, -0.15) is 4.39 Å². The molecule has 0 aliphatic rings. The summed E-state index contributed by atoms with van der Waals surface area (Å²) >= 11 is 0.671. The van der Waals surface area contributed by atoms with Gasteiger partial charge in [0.15, 0.2) is 0 Å². The number of halogens is 1. The Labute approximate surface area is 184 Å². The van der Waals surface area contributed by atoms with Gasteiger partial charge in [0.05, 0.1) is 0 Å². The van der Waals surface area contributed by atoms with Gasteiger partial charge >= 0.3 is 5.37 Å². The Balaban J connectivity index is 2.71. The van der Waals surface area contributed by atoms with Gasteiger partial charge in [-0.1, -0.05) is 61.9 Å². The number of thioether (sulfide) groups is 1. The van der Waals surface area contributed by atoms with Gasteiger partial charge in [0.2, 0.25) is 0 Å². The first kappa shape index (κ1) is 23.9. The molecule has 0 fully saturated rings. The fourth-order valence-corrected chi connectivity index (χ4v) is 4.34. The average Bonchev–Trinajstić information content (AvgIpc) is 2.73. The maximum Gasteiger partial charge on any atom is 0.364 e. The summed E-state index contributed by atoms with van der Waals surface area (Å²) in [5, 5.41) is -1.39. The lowest BCUT2D eigenvalue weighted by Gasteiger charge is -2.25. The number of hydrogen-bond donors (Lipinski definition) is 0. The minimum atomic E-state index is -1.39. The summed E-state index contributed by atoms with van der Waals surface area (Å²) in [6, 6.07) is 18.4. The smallest absolute Gasteiger partial charge is 0.364 e. The lowest BCUT2D eigenvalue weighted by molar-refractivity contribution is 0.245. The molecular weight excluding hydrogens is 393 g/mol. The molecule has 2 rings (SSSR count). The van der Waals surface area contributed by atoms with Crippen molar-refractivity contribution in [1.82, 2.24) is 0 Å². The minimum absolute atomic E-state index is 0.671. The van der Waals surface area contributed by atoms with Crippen LogP contribution in [0.5, 0.6) is 0 Å². The Kier molecular flexibility index (Phi) is 9.38. The van der Waals surface area contributed by atoms with E-state index < -0.39 is 5.37 Å². The first-order valence-electron chi connectivity index (χ1n) is 10.6. The molecule has 4 heteroatoms. The van der Waals surface area contributed by atoms with Gasteiger partial charge in [-0.25, -0.2) is 4.79 Å². The standard InChI is InChI=1S/C26H32FNOS/c1-6-16-28(17-7-2)23-15-11-14-22(18-23)24(25(19(3)4)30-26(27)29)20(5)21-12-9-8-10-13-21/h8-15,18H,6-7,16-17H2,1-5H3/b24-20+. The predicted molar refractivity (Wildman–Crippen MR) is 131 cm³/mol. The van der Waals surface area contributed by atoms with Crippen LogP contribution in [0, 0.1) is 0 Å². The van der Waals surface area contributed by atoms with Gasteiger partial charge in [-0.05, 0) is 79.8 Å². The topological polar surface area (TPSA) is 20.3 Å². The largest absolute Gasteiger partial charge is 0.372 e. The molecule has 2 aromatic rings. The summed E-state index contributed by atoms with van der Waals surface area (Å²) in [7, 11) is 0. The number of carbonyl (C=O) groups is 1. The summed E-state index contributed by atoms with van der Waals surface area (Å²) in [6.07, 6.45) is 2.14. The van der Waals surface area contributed by atoms with Crippen LogP contribution in [-0.2, 0) is 0 Å². The van der Waals surface area contributed by atoms with Gasteiger partial charge in [-0.15, -0.1) is 0 Å². The highest BCUT2D eigenvalue weighted by Crippen LogP contribution is 2.41. The van der Waals surface area contributed by atoms with Crippen LogP contribution in [0.3, 0.4) is 0 Å². The number of benzene rings is 2. The van der Waals surface area contributed by atoms with Crippen LogP contribution in [0.4, 0.5) is 14.9 Å². The molecule has 0 radical (unpaired) electrons. The molecule has 30 heavy (non-hydrogen) atoms. The van der Waals surface area contributed by atoms with Crippen molar-refractivity contribution in [3.8, 4) is 0 Å². The zero-order chi connectivity index (χ0) is 22.1. The Morgan fingerprint density at radius 3 is 2.03 bits per heavy atom. The first-order valence-corrected chi connectivity index (χ1v) is 11.4. The van der Waals surface area contributed by atoms with Crippen LogP contribution < -0.4 is 4.90 Å². The fraction of sp³-hybridized carbons (Fsp3) is 0.346. The first-order chi connectivity index (χ1) is 14.4. The van der Waals surface area contributed by atoms with Crippen LogP contribution in [0.15, 0.2) is 65.1 Å². The van der Waals surface area contributed by atoms with Crippen LogP contribution >= 0.6 is 11.8 Å². The summed E-state index contributed by atoms with van der Waals surface area (Å²) < 4.78 is 13.5. The van der Waals surface area contributed by atoms with Crippen molar-refractivity contribution >= 4 is 34.0 Å². The monoisotopic (exact) mass is 425 g/mol. The van der Waals surface area contributed by atoms with Gasteiger partial charge < -0.3 is 4.90 Å². The SMILES string of the molecule is CCCN(CCC)c1cccc(/C(C(SC(=O)F)=C(C)C)=C(/C)c2ccccc2)c1. The fourth-order valence-electron chi connectivity index (χ4n) is 3.60. The highest BCUT2D eigenvalue weighted by atomic mass is 32.2. The molecule has 2 aromatic carbocycles. The highest BCUT2D eigenvalue weighted by molar-refractivity contribution is 8.17. The quantitative estimate of drug-likeness (QED) is 0.229. The Hall–Kier alpha value is -2.33. The molecule has 0 saturated carbocycles. The summed E-state index contributed by atoms with van der Waals surface area (Å²) in [4.78, 5) is 14.5. The lowest BCUT2D eigenvalue weighted by Crippen LogP contribution is -2.24. The maximum absolute atomic E-state index is 13.5. The summed E-state index contributed by atoms with van der Waals surface area (Å²) in [5.74, 6) is 0. The molecule has 0 saturated heterocycles. The average molecular weight is 426 g/mol. The van der Waals surface area contributed by atoms with E-state index in [1.807, 2.05) is 63.2 Å². The minimum Gasteiger partial charge on any atom is -0.372 e. The Morgan fingerprint density at radius 2 is 1.50 bits per heavy atom. The number of rotatable bonds is 9. The van der Waals surface area contributed by atoms with E-state index in [1.54, 1.807) is 0 Å². The Morgan fingerprint density at radius 1 is 0.900 bits per heavy atom. The second-order valence-corrected chi connectivity index (χ2v) is 8.51. The molecule has 160 valence electrons. The number of allylic oxidation sites excluding steroid dienone is 3. The van der Waals surface area contributed by atoms with Gasteiger partial charge in [-0.3, -0.25) is 0 Å². The number of nitrogens with zero attached hydrogens (tertiary/aromatic N) is 1. The van der Waals surface area contributed by atoms with Gasteiger partial charge in [0, 0.05) is 23.7 Å². The van der Waals surface area contributed by atoms with E-state index in [4.69, 9.17) is 0 Å². The zero-order valence-corrected chi connectivity index (χ0v) is 19.5.